The largest absolute Gasteiger partial charge is 0.378 e. The summed E-state index contributed by atoms with van der Waals surface area (Å²) in [4.78, 5) is 27.5. The van der Waals surface area contributed by atoms with Crippen LogP contribution in [0.1, 0.15) is 29.5 Å². The molecule has 2 aromatic carbocycles. The summed E-state index contributed by atoms with van der Waals surface area (Å²) in [7, 11) is 0. The molecule has 1 aliphatic heterocycles. The Labute approximate surface area is 349 Å². The van der Waals surface area contributed by atoms with Crippen LogP contribution in [0.4, 0.5) is 5.69 Å². The van der Waals surface area contributed by atoms with Gasteiger partial charge in [-0.15, -0.1) is 0 Å². The van der Waals surface area contributed by atoms with E-state index in [1.807, 2.05) is 48.5 Å². The second-order valence-electron chi connectivity index (χ2n) is 12.8. The fraction of sp³-hybridized carbons (Fsp3) is 0.628. The average Bonchev–Trinajstić information content (AvgIpc) is 3.25. The highest BCUT2D eigenvalue weighted by Gasteiger charge is 2.21. The van der Waals surface area contributed by atoms with Gasteiger partial charge in [-0.25, -0.2) is 0 Å². The topological polar surface area (TPSA) is 177 Å². The molecule has 0 saturated carbocycles. The number of amides is 2. The van der Waals surface area contributed by atoms with Gasteiger partial charge in [0.05, 0.1) is 158 Å². The fourth-order valence-electron chi connectivity index (χ4n) is 5.30. The van der Waals surface area contributed by atoms with Gasteiger partial charge in [-0.3, -0.25) is 9.59 Å². The average molecular weight is 832 g/mol. The summed E-state index contributed by atoms with van der Waals surface area (Å²) in [6, 6.07) is 15.4. The van der Waals surface area contributed by atoms with Crippen molar-refractivity contribution in [3.8, 4) is 11.8 Å². The number of ether oxygens (including phenoxy) is 11. The standard InChI is InChI=1S/C43H65N3O13/c44-13-15-49-17-19-51-21-23-53-25-27-55-29-31-57-33-35-59-36-34-58-32-30-56-28-26-54-24-22-52-20-18-50-16-14-45-42(47)11-12-43(48)46-37-40-7-2-1-5-38(40)9-10-39-6-3-4-8-41(39)46/h1-8H,11-37,44H2,(H,45,47). The maximum atomic E-state index is 13.3. The Morgan fingerprint density at radius 3 is 1.32 bits per heavy atom. The maximum Gasteiger partial charge on any atom is 0.227 e. The lowest BCUT2D eigenvalue weighted by Crippen LogP contribution is -2.34. The number of hydrogen-bond acceptors (Lipinski definition) is 14. The molecule has 0 radical (unpaired) electrons. The number of carbonyl (C=O) groups is 2. The minimum atomic E-state index is -0.201. The third kappa shape index (κ3) is 25.0. The van der Waals surface area contributed by atoms with Crippen LogP contribution in [-0.2, 0) is 68.2 Å². The van der Waals surface area contributed by atoms with E-state index < -0.39 is 0 Å². The highest BCUT2D eigenvalue weighted by Crippen LogP contribution is 2.26. The van der Waals surface area contributed by atoms with E-state index in [1.165, 1.54) is 0 Å². The van der Waals surface area contributed by atoms with Gasteiger partial charge in [-0.2, -0.15) is 0 Å². The summed E-state index contributed by atoms with van der Waals surface area (Å²) < 4.78 is 60.0. The van der Waals surface area contributed by atoms with Crippen LogP contribution < -0.4 is 16.0 Å². The van der Waals surface area contributed by atoms with Crippen molar-refractivity contribution >= 4 is 17.5 Å². The predicted octanol–water partition coefficient (Wildman–Crippen LogP) is 1.97. The first-order chi connectivity index (χ1) is 29.2. The minimum absolute atomic E-state index is 0.0859. The van der Waals surface area contributed by atoms with Crippen molar-refractivity contribution in [2.45, 2.75) is 19.4 Å². The zero-order valence-corrected chi connectivity index (χ0v) is 34.5. The van der Waals surface area contributed by atoms with Crippen LogP contribution in [0.5, 0.6) is 0 Å². The van der Waals surface area contributed by atoms with Gasteiger partial charge < -0.3 is 68.1 Å². The van der Waals surface area contributed by atoms with Crippen molar-refractivity contribution in [2.75, 3.05) is 163 Å². The molecular formula is C43H65N3O13. The molecule has 0 saturated heterocycles. The molecule has 2 amide bonds. The summed E-state index contributed by atoms with van der Waals surface area (Å²) in [5, 5.41) is 2.82. The number of nitrogens with zero attached hydrogens (tertiary/aromatic N) is 1. The molecule has 1 heterocycles. The maximum absolute atomic E-state index is 13.3. The number of anilines is 1. The van der Waals surface area contributed by atoms with E-state index in [2.05, 4.69) is 17.2 Å². The van der Waals surface area contributed by atoms with Gasteiger partial charge in [-0.05, 0) is 23.8 Å². The summed E-state index contributed by atoms with van der Waals surface area (Å²) >= 11 is 0. The van der Waals surface area contributed by atoms with Gasteiger partial charge in [-0.1, -0.05) is 42.2 Å². The third-order valence-electron chi connectivity index (χ3n) is 8.29. The van der Waals surface area contributed by atoms with Crippen molar-refractivity contribution in [1.82, 2.24) is 5.32 Å². The van der Waals surface area contributed by atoms with Crippen molar-refractivity contribution in [3.05, 3.63) is 65.2 Å². The van der Waals surface area contributed by atoms with Gasteiger partial charge in [0.15, 0.2) is 0 Å². The number of nitrogens with one attached hydrogen (secondary N) is 1. The molecule has 0 bridgehead atoms. The molecule has 330 valence electrons. The molecule has 0 atom stereocenters. The summed E-state index contributed by atoms with van der Waals surface area (Å²) in [6.07, 6.45) is 0.173. The third-order valence-corrected chi connectivity index (χ3v) is 8.29. The zero-order chi connectivity index (χ0) is 41.7. The summed E-state index contributed by atoms with van der Waals surface area (Å²) in [5.74, 6) is 6.07. The first kappa shape index (κ1) is 49.8. The molecule has 1 aliphatic rings. The quantitative estimate of drug-likeness (QED) is 0.0742. The van der Waals surface area contributed by atoms with Crippen molar-refractivity contribution in [3.63, 3.8) is 0 Å². The number of nitrogens with two attached hydrogens (primary N) is 1. The Bertz CT molecular complexity index is 1440. The Balaban J connectivity index is 0.993. The van der Waals surface area contributed by atoms with Crippen LogP contribution in [0.2, 0.25) is 0 Å². The molecule has 3 N–H and O–H groups in total. The SMILES string of the molecule is NCCOCCOCCOCCOCCOCCOCCOCCOCCOCCOCCOCCNC(=O)CCC(=O)N1Cc2ccccc2C#Cc2ccccc21. The van der Waals surface area contributed by atoms with E-state index in [-0.39, 0.29) is 24.7 Å². The molecule has 0 aromatic heterocycles. The normalized spacial score (nSPS) is 12.0. The van der Waals surface area contributed by atoms with Gasteiger partial charge in [0.25, 0.3) is 0 Å². The van der Waals surface area contributed by atoms with E-state index >= 15 is 0 Å². The number of para-hydroxylation sites is 1. The lowest BCUT2D eigenvalue weighted by molar-refractivity contribution is -0.125. The Morgan fingerprint density at radius 2 is 0.864 bits per heavy atom. The van der Waals surface area contributed by atoms with Crippen LogP contribution in [0.15, 0.2) is 48.5 Å². The smallest absolute Gasteiger partial charge is 0.227 e. The van der Waals surface area contributed by atoms with Crippen LogP contribution in [0.3, 0.4) is 0 Å². The highest BCUT2D eigenvalue weighted by atomic mass is 16.6. The van der Waals surface area contributed by atoms with Crippen LogP contribution in [-0.4, -0.2) is 170 Å². The lowest BCUT2D eigenvalue weighted by atomic mass is 10.0. The fourth-order valence-corrected chi connectivity index (χ4v) is 5.30. The second-order valence-corrected chi connectivity index (χ2v) is 12.8. The minimum Gasteiger partial charge on any atom is -0.378 e. The number of rotatable bonds is 38. The van der Waals surface area contributed by atoms with E-state index in [4.69, 9.17) is 57.8 Å². The van der Waals surface area contributed by atoms with E-state index in [0.29, 0.717) is 165 Å². The number of benzene rings is 2. The zero-order valence-electron chi connectivity index (χ0n) is 34.5. The number of hydrogen-bond donors (Lipinski definition) is 2. The molecule has 0 unspecified atom stereocenters. The van der Waals surface area contributed by atoms with Gasteiger partial charge >= 0.3 is 0 Å². The Morgan fingerprint density at radius 1 is 0.492 bits per heavy atom. The van der Waals surface area contributed by atoms with E-state index in [0.717, 1.165) is 22.4 Å². The van der Waals surface area contributed by atoms with Crippen molar-refractivity contribution in [1.29, 1.82) is 0 Å². The lowest BCUT2D eigenvalue weighted by Gasteiger charge is -2.26. The van der Waals surface area contributed by atoms with Crippen molar-refractivity contribution < 1.29 is 61.7 Å². The first-order valence-corrected chi connectivity index (χ1v) is 20.5. The highest BCUT2D eigenvalue weighted by molar-refractivity contribution is 5.96. The van der Waals surface area contributed by atoms with Crippen LogP contribution >= 0.6 is 0 Å². The summed E-state index contributed by atoms with van der Waals surface area (Å²) in [5.41, 5.74) is 8.74. The van der Waals surface area contributed by atoms with Gasteiger partial charge in [0, 0.05) is 37.1 Å². The Kier molecular flexibility index (Phi) is 29.8. The van der Waals surface area contributed by atoms with E-state index in [1.54, 1.807) is 4.90 Å². The monoisotopic (exact) mass is 831 g/mol. The molecule has 3 rings (SSSR count). The molecule has 0 fully saturated rings. The van der Waals surface area contributed by atoms with Gasteiger partial charge in [0.2, 0.25) is 11.8 Å². The van der Waals surface area contributed by atoms with E-state index in [9.17, 15) is 9.59 Å². The first-order valence-electron chi connectivity index (χ1n) is 20.5. The molecule has 0 aliphatic carbocycles. The molecule has 2 aromatic rings. The van der Waals surface area contributed by atoms with Crippen molar-refractivity contribution in [2.24, 2.45) is 5.73 Å². The Hall–Kier alpha value is -3.54. The van der Waals surface area contributed by atoms with Crippen LogP contribution in [0, 0.1) is 11.8 Å². The number of carbonyl (C=O) groups excluding carboxylic acids is 2. The summed E-state index contributed by atoms with van der Waals surface area (Å²) in [6.45, 7) is 11.8. The van der Waals surface area contributed by atoms with Crippen LogP contribution in [0.25, 0.3) is 0 Å². The molecule has 59 heavy (non-hydrogen) atoms. The number of fused-ring (bicyclic) bond motifs is 2. The molecular weight excluding hydrogens is 766 g/mol. The predicted molar refractivity (Wildman–Crippen MR) is 220 cm³/mol. The van der Waals surface area contributed by atoms with Gasteiger partial charge in [0.1, 0.15) is 0 Å². The second kappa shape index (κ2) is 35.2. The molecule has 16 nitrogen and oxygen atoms in total. The molecule has 16 heteroatoms. The molecule has 0 spiro atoms.